The highest BCUT2D eigenvalue weighted by Gasteiger charge is 2.20. The zero-order valence-corrected chi connectivity index (χ0v) is 13.2. The van der Waals surface area contributed by atoms with Gasteiger partial charge in [0.1, 0.15) is 5.69 Å². The summed E-state index contributed by atoms with van der Waals surface area (Å²) in [6, 6.07) is 10.8. The van der Waals surface area contributed by atoms with E-state index in [4.69, 9.17) is 16.9 Å². The third-order valence-electron chi connectivity index (χ3n) is 3.01. The van der Waals surface area contributed by atoms with Crippen molar-refractivity contribution in [3.8, 4) is 6.07 Å². The van der Waals surface area contributed by atoms with Gasteiger partial charge in [0, 0.05) is 27.3 Å². The zero-order valence-electron chi connectivity index (χ0n) is 10.9. The molecule has 20 heavy (non-hydrogen) atoms. The van der Waals surface area contributed by atoms with Crippen LogP contribution < -0.4 is 0 Å². The molecule has 2 rings (SSSR count). The maximum absolute atomic E-state index is 12.6. The van der Waals surface area contributed by atoms with E-state index in [9.17, 15) is 4.79 Å². The normalized spacial score (nSPS) is 10.3. The maximum atomic E-state index is 12.6. The quantitative estimate of drug-likeness (QED) is 0.774. The molecule has 5 heteroatoms. The lowest BCUT2D eigenvalue weighted by molar-refractivity contribution is 0.102. The van der Waals surface area contributed by atoms with E-state index in [0.29, 0.717) is 27.3 Å². The van der Waals surface area contributed by atoms with Crippen LogP contribution in [-0.2, 0) is 13.0 Å². The van der Waals surface area contributed by atoms with Crippen molar-refractivity contribution in [1.29, 1.82) is 5.26 Å². The third kappa shape index (κ3) is 2.79. The summed E-state index contributed by atoms with van der Waals surface area (Å²) >= 11 is 9.34. The molecule has 0 amide bonds. The second kappa shape index (κ2) is 6.25. The fourth-order valence-electron chi connectivity index (χ4n) is 2.15. The molecule has 0 aliphatic carbocycles. The van der Waals surface area contributed by atoms with Crippen LogP contribution in [0.15, 0.2) is 34.8 Å². The van der Waals surface area contributed by atoms with Crippen molar-refractivity contribution in [2.45, 2.75) is 19.9 Å². The molecule has 0 spiro atoms. The summed E-state index contributed by atoms with van der Waals surface area (Å²) in [6.07, 6.45) is 0.273. The fraction of sp³-hybridized carbons (Fsp3) is 0.200. The zero-order chi connectivity index (χ0) is 14.7. The van der Waals surface area contributed by atoms with Crippen molar-refractivity contribution in [1.82, 2.24) is 4.57 Å². The van der Waals surface area contributed by atoms with E-state index in [1.165, 1.54) is 0 Å². The molecule has 0 unspecified atom stereocenters. The highest BCUT2D eigenvalue weighted by Crippen LogP contribution is 2.26. The first-order chi connectivity index (χ1) is 9.58. The fourth-order valence-corrected chi connectivity index (χ4v) is 3.00. The van der Waals surface area contributed by atoms with E-state index < -0.39 is 0 Å². The first-order valence-electron chi connectivity index (χ1n) is 6.13. The molecule has 0 atom stereocenters. The van der Waals surface area contributed by atoms with E-state index in [1.807, 2.05) is 17.6 Å². The molecular formula is C15H12BrClN2O. The van der Waals surface area contributed by atoms with Gasteiger partial charge >= 0.3 is 0 Å². The summed E-state index contributed by atoms with van der Waals surface area (Å²) in [5.41, 5.74) is 1.92. The van der Waals surface area contributed by atoms with Crippen molar-refractivity contribution < 1.29 is 4.79 Å². The number of nitrogens with zero attached hydrogens (tertiary/aromatic N) is 2. The van der Waals surface area contributed by atoms with Crippen LogP contribution in [0.1, 0.15) is 28.7 Å². The first kappa shape index (κ1) is 14.8. The predicted octanol–water partition coefficient (Wildman–Crippen LogP) is 4.22. The third-order valence-corrected chi connectivity index (χ3v) is 3.85. The van der Waals surface area contributed by atoms with E-state index in [2.05, 4.69) is 22.0 Å². The van der Waals surface area contributed by atoms with E-state index in [1.54, 1.807) is 24.3 Å². The number of ketones is 1. The van der Waals surface area contributed by atoms with Gasteiger partial charge < -0.3 is 4.57 Å². The second-order valence-corrected chi connectivity index (χ2v) is 5.54. The second-order valence-electron chi connectivity index (χ2n) is 4.25. The van der Waals surface area contributed by atoms with Crippen molar-refractivity contribution >= 4 is 33.3 Å². The Bertz CT molecular complexity index is 700. The lowest BCUT2D eigenvalue weighted by atomic mass is 10.1. The van der Waals surface area contributed by atoms with E-state index >= 15 is 0 Å². The molecule has 1 aromatic heterocycles. The number of nitriles is 1. The summed E-state index contributed by atoms with van der Waals surface area (Å²) < 4.78 is 2.56. The molecular weight excluding hydrogens is 340 g/mol. The lowest BCUT2D eigenvalue weighted by Gasteiger charge is -2.09. The molecule has 0 bridgehead atoms. The highest BCUT2D eigenvalue weighted by molar-refractivity contribution is 9.10. The van der Waals surface area contributed by atoms with Gasteiger partial charge in [-0.2, -0.15) is 5.26 Å². The van der Waals surface area contributed by atoms with E-state index in [0.717, 1.165) is 5.69 Å². The summed E-state index contributed by atoms with van der Waals surface area (Å²) in [5.74, 6) is -0.106. The first-order valence-corrected chi connectivity index (χ1v) is 7.30. The Morgan fingerprint density at radius 3 is 2.80 bits per heavy atom. The summed E-state index contributed by atoms with van der Waals surface area (Å²) in [4.78, 5) is 12.6. The summed E-state index contributed by atoms with van der Waals surface area (Å²) in [7, 11) is 0. The van der Waals surface area contributed by atoms with Crippen LogP contribution in [0.2, 0.25) is 5.02 Å². The smallest absolute Gasteiger partial charge is 0.210 e. The number of aromatic nitrogens is 1. The van der Waals surface area contributed by atoms with Crippen LogP contribution in [0.25, 0.3) is 0 Å². The number of carbonyl (C=O) groups is 1. The standard InChI is InChI=1S/C15H12BrClN2O/c1-2-19-12(6-7-18)9-13(16)14(19)15(20)10-4-3-5-11(17)8-10/h3-5,8-9H,2,6H2,1H3. The Kier molecular flexibility index (Phi) is 4.64. The molecule has 102 valence electrons. The van der Waals surface area contributed by atoms with Gasteiger partial charge in [0.25, 0.3) is 0 Å². The molecule has 0 fully saturated rings. The number of carbonyl (C=O) groups excluding carboxylic acids is 1. The Hall–Kier alpha value is -1.57. The molecule has 0 aliphatic heterocycles. The van der Waals surface area contributed by atoms with Crippen molar-refractivity contribution in [3.63, 3.8) is 0 Å². The summed E-state index contributed by atoms with van der Waals surface area (Å²) in [5, 5.41) is 9.38. The van der Waals surface area contributed by atoms with E-state index in [-0.39, 0.29) is 12.2 Å². The van der Waals surface area contributed by atoms with Crippen LogP contribution in [0.5, 0.6) is 0 Å². The molecule has 0 saturated heterocycles. The number of hydrogen-bond acceptors (Lipinski definition) is 2. The number of halogens is 2. The van der Waals surface area contributed by atoms with Gasteiger partial charge in [0.05, 0.1) is 12.5 Å². The SMILES string of the molecule is CCn1c(CC#N)cc(Br)c1C(=O)c1cccc(Cl)c1. The van der Waals surface area contributed by atoms with Crippen molar-refractivity contribution in [3.05, 3.63) is 56.8 Å². The highest BCUT2D eigenvalue weighted by atomic mass is 79.9. The van der Waals surface area contributed by atoms with Crippen LogP contribution >= 0.6 is 27.5 Å². The number of benzene rings is 1. The molecule has 2 aromatic rings. The minimum absolute atomic E-state index is 0.106. The minimum atomic E-state index is -0.106. The molecule has 0 radical (unpaired) electrons. The molecule has 1 aromatic carbocycles. The van der Waals surface area contributed by atoms with Crippen LogP contribution in [0.4, 0.5) is 0 Å². The Balaban J connectivity index is 2.52. The minimum Gasteiger partial charge on any atom is -0.340 e. The monoisotopic (exact) mass is 350 g/mol. The van der Waals surface area contributed by atoms with Crippen molar-refractivity contribution in [2.24, 2.45) is 0 Å². The molecule has 0 N–H and O–H groups in total. The molecule has 1 heterocycles. The van der Waals surface area contributed by atoms with Gasteiger partial charge in [-0.3, -0.25) is 4.79 Å². The maximum Gasteiger partial charge on any atom is 0.210 e. The molecule has 3 nitrogen and oxygen atoms in total. The van der Waals surface area contributed by atoms with Crippen LogP contribution in [-0.4, -0.2) is 10.4 Å². The largest absolute Gasteiger partial charge is 0.340 e. The van der Waals surface area contributed by atoms with Gasteiger partial charge in [-0.15, -0.1) is 0 Å². The average Bonchev–Trinajstić information content (AvgIpc) is 2.74. The van der Waals surface area contributed by atoms with Gasteiger partial charge in [-0.25, -0.2) is 0 Å². The molecule has 0 aliphatic rings. The Morgan fingerprint density at radius 2 is 2.20 bits per heavy atom. The van der Waals surface area contributed by atoms with Crippen LogP contribution in [0.3, 0.4) is 0 Å². The molecule has 0 saturated carbocycles. The van der Waals surface area contributed by atoms with Gasteiger partial charge in [0.2, 0.25) is 5.78 Å². The Labute approximate surface area is 130 Å². The van der Waals surface area contributed by atoms with Gasteiger partial charge in [-0.1, -0.05) is 23.7 Å². The van der Waals surface area contributed by atoms with Crippen LogP contribution in [0, 0.1) is 11.3 Å². The van der Waals surface area contributed by atoms with Crippen molar-refractivity contribution in [2.75, 3.05) is 0 Å². The topological polar surface area (TPSA) is 45.8 Å². The summed E-state index contributed by atoms with van der Waals surface area (Å²) in [6.45, 7) is 2.58. The van der Waals surface area contributed by atoms with Gasteiger partial charge in [0.15, 0.2) is 0 Å². The van der Waals surface area contributed by atoms with Gasteiger partial charge in [-0.05, 0) is 41.1 Å². The predicted molar refractivity (Wildman–Crippen MR) is 82.0 cm³/mol. The Morgan fingerprint density at radius 1 is 1.45 bits per heavy atom. The average molecular weight is 352 g/mol. The number of rotatable bonds is 4. The lowest BCUT2D eigenvalue weighted by Crippen LogP contribution is -2.12. The number of hydrogen-bond donors (Lipinski definition) is 0.